The van der Waals surface area contributed by atoms with Gasteiger partial charge in [-0.05, 0) is 29.7 Å². The fraction of sp³-hybridized carbons (Fsp3) is 0.188. The molecule has 0 saturated carbocycles. The Morgan fingerprint density at radius 3 is 2.52 bits per heavy atom. The standard InChI is InChI=1S/C16H16FNO3/c17-13-8-12(9-14(18)16(19)20)6-7-15(13)21-10-11-4-2-1-3-5-11/h1-8,14H,9-10,18H2,(H,19,20). The normalized spacial score (nSPS) is 11.9. The van der Waals surface area contributed by atoms with Crippen molar-refractivity contribution in [2.24, 2.45) is 5.73 Å². The summed E-state index contributed by atoms with van der Waals surface area (Å²) < 4.78 is 19.3. The minimum atomic E-state index is -1.11. The van der Waals surface area contributed by atoms with E-state index in [-0.39, 0.29) is 18.8 Å². The molecule has 0 aliphatic carbocycles. The molecule has 0 aliphatic rings. The lowest BCUT2D eigenvalue weighted by atomic mass is 10.1. The molecular formula is C16H16FNO3. The number of aliphatic carboxylic acids is 1. The van der Waals surface area contributed by atoms with Gasteiger partial charge in [-0.15, -0.1) is 0 Å². The van der Waals surface area contributed by atoms with Crippen molar-refractivity contribution in [2.75, 3.05) is 0 Å². The van der Waals surface area contributed by atoms with E-state index in [4.69, 9.17) is 15.6 Å². The molecule has 0 heterocycles. The van der Waals surface area contributed by atoms with Crippen molar-refractivity contribution >= 4 is 5.97 Å². The van der Waals surface area contributed by atoms with Crippen LogP contribution in [0.1, 0.15) is 11.1 Å². The first-order chi connectivity index (χ1) is 10.1. The molecule has 2 rings (SSSR count). The van der Waals surface area contributed by atoms with Crippen molar-refractivity contribution in [1.29, 1.82) is 0 Å². The monoisotopic (exact) mass is 289 g/mol. The summed E-state index contributed by atoms with van der Waals surface area (Å²) in [4.78, 5) is 10.7. The lowest BCUT2D eigenvalue weighted by Crippen LogP contribution is -2.32. The first-order valence-corrected chi connectivity index (χ1v) is 6.50. The Bertz CT molecular complexity index is 616. The van der Waals surface area contributed by atoms with Gasteiger partial charge >= 0.3 is 5.97 Å². The van der Waals surface area contributed by atoms with Gasteiger partial charge in [-0.3, -0.25) is 4.79 Å². The van der Waals surface area contributed by atoms with Gasteiger partial charge in [0, 0.05) is 0 Å². The van der Waals surface area contributed by atoms with Crippen LogP contribution in [0.15, 0.2) is 48.5 Å². The highest BCUT2D eigenvalue weighted by atomic mass is 19.1. The first-order valence-electron chi connectivity index (χ1n) is 6.50. The Morgan fingerprint density at radius 2 is 1.90 bits per heavy atom. The van der Waals surface area contributed by atoms with Crippen molar-refractivity contribution in [1.82, 2.24) is 0 Å². The van der Waals surface area contributed by atoms with Gasteiger partial charge < -0.3 is 15.6 Å². The summed E-state index contributed by atoms with van der Waals surface area (Å²) in [6.07, 6.45) is 0.0746. The predicted octanol–water partition coefficient (Wildman–Crippen LogP) is 2.36. The van der Waals surface area contributed by atoms with Crippen LogP contribution >= 0.6 is 0 Å². The second kappa shape index (κ2) is 6.85. The lowest BCUT2D eigenvalue weighted by molar-refractivity contribution is -0.138. The molecule has 0 bridgehead atoms. The highest BCUT2D eigenvalue weighted by Crippen LogP contribution is 2.20. The van der Waals surface area contributed by atoms with E-state index in [0.29, 0.717) is 5.56 Å². The van der Waals surface area contributed by atoms with Gasteiger partial charge in [0.1, 0.15) is 12.6 Å². The highest BCUT2D eigenvalue weighted by molar-refractivity contribution is 5.73. The number of rotatable bonds is 6. The van der Waals surface area contributed by atoms with Crippen molar-refractivity contribution in [3.63, 3.8) is 0 Å². The maximum absolute atomic E-state index is 13.9. The van der Waals surface area contributed by atoms with E-state index in [1.165, 1.54) is 12.1 Å². The minimum Gasteiger partial charge on any atom is -0.486 e. The topological polar surface area (TPSA) is 72.5 Å². The molecule has 0 aliphatic heterocycles. The Labute approximate surface area is 122 Å². The summed E-state index contributed by atoms with van der Waals surface area (Å²) in [5.74, 6) is -1.51. The van der Waals surface area contributed by atoms with E-state index >= 15 is 0 Å². The predicted molar refractivity (Wildman–Crippen MR) is 76.5 cm³/mol. The zero-order chi connectivity index (χ0) is 15.2. The number of nitrogens with two attached hydrogens (primary N) is 1. The molecule has 110 valence electrons. The zero-order valence-electron chi connectivity index (χ0n) is 11.3. The van der Waals surface area contributed by atoms with Crippen LogP contribution in [-0.2, 0) is 17.8 Å². The van der Waals surface area contributed by atoms with Gasteiger partial charge in [0.2, 0.25) is 0 Å². The van der Waals surface area contributed by atoms with E-state index < -0.39 is 17.8 Å². The number of carboxylic acid groups (broad SMARTS) is 1. The van der Waals surface area contributed by atoms with Gasteiger partial charge in [0.15, 0.2) is 11.6 Å². The lowest BCUT2D eigenvalue weighted by Gasteiger charge is -2.10. The summed E-state index contributed by atoms with van der Waals surface area (Å²) in [5, 5.41) is 8.73. The molecule has 0 amide bonds. The number of ether oxygens (including phenoxy) is 1. The molecule has 5 heteroatoms. The number of halogens is 1. The molecule has 1 unspecified atom stereocenters. The summed E-state index contributed by atoms with van der Waals surface area (Å²) in [6.45, 7) is 0.270. The summed E-state index contributed by atoms with van der Waals surface area (Å²) in [5.41, 5.74) is 6.88. The molecule has 2 aromatic rings. The largest absolute Gasteiger partial charge is 0.486 e. The fourth-order valence-corrected chi connectivity index (χ4v) is 1.86. The van der Waals surface area contributed by atoms with Crippen LogP contribution in [0.4, 0.5) is 4.39 Å². The maximum Gasteiger partial charge on any atom is 0.320 e. The van der Waals surface area contributed by atoms with E-state index in [1.807, 2.05) is 30.3 Å². The van der Waals surface area contributed by atoms with Gasteiger partial charge in [0.05, 0.1) is 0 Å². The summed E-state index contributed by atoms with van der Waals surface area (Å²) in [7, 11) is 0. The van der Waals surface area contributed by atoms with Crippen LogP contribution in [0.5, 0.6) is 5.75 Å². The molecule has 1 atom stereocenters. The second-order valence-electron chi connectivity index (χ2n) is 4.69. The smallest absolute Gasteiger partial charge is 0.320 e. The third kappa shape index (κ3) is 4.29. The Morgan fingerprint density at radius 1 is 1.19 bits per heavy atom. The van der Waals surface area contributed by atoms with Crippen LogP contribution in [-0.4, -0.2) is 17.1 Å². The van der Waals surface area contributed by atoms with Crippen LogP contribution in [0.2, 0.25) is 0 Å². The molecule has 3 N–H and O–H groups in total. The summed E-state index contributed by atoms with van der Waals surface area (Å²) >= 11 is 0. The molecular weight excluding hydrogens is 273 g/mol. The number of carboxylic acids is 1. The number of benzene rings is 2. The molecule has 0 aromatic heterocycles. The van der Waals surface area contributed by atoms with Gasteiger partial charge in [-0.25, -0.2) is 4.39 Å². The number of carbonyl (C=O) groups is 1. The van der Waals surface area contributed by atoms with Crippen molar-refractivity contribution < 1.29 is 19.0 Å². The zero-order valence-corrected chi connectivity index (χ0v) is 11.3. The Kier molecular flexibility index (Phi) is 4.90. The van der Waals surface area contributed by atoms with Crippen LogP contribution in [0.3, 0.4) is 0 Å². The molecule has 0 radical (unpaired) electrons. The van der Waals surface area contributed by atoms with Crippen LogP contribution in [0, 0.1) is 5.82 Å². The van der Waals surface area contributed by atoms with Crippen molar-refractivity contribution in [3.05, 3.63) is 65.5 Å². The average Bonchev–Trinajstić information content (AvgIpc) is 2.47. The Hall–Kier alpha value is -2.40. The molecule has 21 heavy (non-hydrogen) atoms. The van der Waals surface area contributed by atoms with Crippen molar-refractivity contribution in [3.8, 4) is 5.75 Å². The number of hydrogen-bond donors (Lipinski definition) is 2. The second-order valence-corrected chi connectivity index (χ2v) is 4.69. The SMILES string of the molecule is NC(Cc1ccc(OCc2ccccc2)c(F)c1)C(=O)O. The molecule has 0 fully saturated rings. The van der Waals surface area contributed by atoms with Gasteiger partial charge in [-0.2, -0.15) is 0 Å². The van der Waals surface area contributed by atoms with Crippen LogP contribution in [0.25, 0.3) is 0 Å². The molecule has 2 aromatic carbocycles. The minimum absolute atomic E-state index is 0.0746. The fourth-order valence-electron chi connectivity index (χ4n) is 1.86. The molecule has 4 nitrogen and oxygen atoms in total. The quantitative estimate of drug-likeness (QED) is 0.856. The highest BCUT2D eigenvalue weighted by Gasteiger charge is 2.13. The van der Waals surface area contributed by atoms with E-state index in [0.717, 1.165) is 5.56 Å². The first kappa shape index (κ1) is 15.0. The van der Waals surface area contributed by atoms with Gasteiger partial charge in [0.25, 0.3) is 0 Å². The molecule has 0 spiro atoms. The Balaban J connectivity index is 2.00. The molecule has 0 saturated heterocycles. The van der Waals surface area contributed by atoms with Gasteiger partial charge in [-0.1, -0.05) is 36.4 Å². The van der Waals surface area contributed by atoms with Crippen molar-refractivity contribution in [2.45, 2.75) is 19.1 Å². The third-order valence-corrected chi connectivity index (χ3v) is 3.01. The van der Waals surface area contributed by atoms with Crippen LogP contribution < -0.4 is 10.5 Å². The summed E-state index contributed by atoms with van der Waals surface area (Å²) in [6, 6.07) is 12.7. The van der Waals surface area contributed by atoms with E-state index in [2.05, 4.69) is 0 Å². The van der Waals surface area contributed by atoms with E-state index in [9.17, 15) is 9.18 Å². The maximum atomic E-state index is 13.9. The average molecular weight is 289 g/mol. The van der Waals surface area contributed by atoms with E-state index in [1.54, 1.807) is 6.07 Å². The third-order valence-electron chi connectivity index (χ3n) is 3.01. The number of hydrogen-bond acceptors (Lipinski definition) is 3.